The van der Waals surface area contributed by atoms with E-state index in [2.05, 4.69) is 0 Å². The second-order valence-electron chi connectivity index (χ2n) is 4.15. The molecule has 0 atom stereocenters. The zero-order valence-electron chi connectivity index (χ0n) is 8.95. The quantitative estimate of drug-likeness (QED) is 0.578. The first-order valence-corrected chi connectivity index (χ1v) is 5.22. The first kappa shape index (κ1) is 9.16. The summed E-state index contributed by atoms with van der Waals surface area (Å²) in [6.07, 6.45) is 0. The maximum Gasteiger partial charge on any atom is 0.196 e. The van der Waals surface area contributed by atoms with Gasteiger partial charge in [0.05, 0.1) is 5.56 Å². The largest absolute Gasteiger partial charge is 0.398 e. The van der Waals surface area contributed by atoms with E-state index in [0.717, 1.165) is 22.3 Å². The highest BCUT2D eigenvalue weighted by Gasteiger charge is 2.28. The van der Waals surface area contributed by atoms with Crippen LogP contribution in [-0.2, 0) is 0 Å². The first-order chi connectivity index (χ1) is 7.68. The molecule has 16 heavy (non-hydrogen) atoms. The second-order valence-corrected chi connectivity index (χ2v) is 4.15. The predicted octanol–water partition coefficient (Wildman–Crippen LogP) is 2.79. The van der Waals surface area contributed by atoms with Gasteiger partial charge in [0.25, 0.3) is 0 Å². The van der Waals surface area contributed by atoms with E-state index < -0.39 is 0 Å². The second kappa shape index (κ2) is 2.95. The van der Waals surface area contributed by atoms with Gasteiger partial charge < -0.3 is 5.73 Å². The van der Waals surface area contributed by atoms with Gasteiger partial charge in [-0.2, -0.15) is 0 Å². The Hall–Kier alpha value is -2.09. The predicted molar refractivity (Wildman–Crippen MR) is 64.5 cm³/mol. The molecule has 2 heteroatoms. The minimum Gasteiger partial charge on any atom is -0.398 e. The molecule has 78 valence electrons. The van der Waals surface area contributed by atoms with Crippen molar-refractivity contribution in [3.05, 3.63) is 53.1 Å². The number of nitrogen functional groups attached to an aromatic ring is 1. The molecule has 0 aromatic heterocycles. The highest BCUT2D eigenvalue weighted by molar-refractivity contribution is 6.24. The molecule has 0 spiro atoms. The zero-order chi connectivity index (χ0) is 11.3. The standard InChI is InChI=1S/C14H11NO/c1-8-6-11-9-4-2-3-5-10(9)14(16)13(11)12(15)7-8/h2-7H,15H2,1H3. The van der Waals surface area contributed by atoms with Gasteiger partial charge in [-0.3, -0.25) is 4.79 Å². The van der Waals surface area contributed by atoms with Crippen LogP contribution in [0.15, 0.2) is 36.4 Å². The summed E-state index contributed by atoms with van der Waals surface area (Å²) in [4.78, 5) is 12.1. The van der Waals surface area contributed by atoms with Crippen molar-refractivity contribution in [2.24, 2.45) is 0 Å². The summed E-state index contributed by atoms with van der Waals surface area (Å²) in [5.74, 6) is 0.0445. The molecule has 2 aromatic carbocycles. The summed E-state index contributed by atoms with van der Waals surface area (Å²) in [5.41, 5.74) is 11.0. The Kier molecular flexibility index (Phi) is 1.69. The lowest BCUT2D eigenvalue weighted by Crippen LogP contribution is -2.00. The molecule has 0 heterocycles. The lowest BCUT2D eigenvalue weighted by molar-refractivity contribution is 0.104. The van der Waals surface area contributed by atoms with Gasteiger partial charge in [0.2, 0.25) is 0 Å². The summed E-state index contributed by atoms with van der Waals surface area (Å²) in [7, 11) is 0. The van der Waals surface area contributed by atoms with E-state index in [4.69, 9.17) is 5.73 Å². The van der Waals surface area contributed by atoms with Gasteiger partial charge in [-0.05, 0) is 29.7 Å². The monoisotopic (exact) mass is 209 g/mol. The summed E-state index contributed by atoms with van der Waals surface area (Å²) in [6, 6.07) is 11.5. The number of hydrogen-bond acceptors (Lipinski definition) is 2. The van der Waals surface area contributed by atoms with Crippen molar-refractivity contribution in [3.8, 4) is 11.1 Å². The number of ketones is 1. The van der Waals surface area contributed by atoms with Crippen LogP contribution in [0.4, 0.5) is 5.69 Å². The van der Waals surface area contributed by atoms with Gasteiger partial charge in [0, 0.05) is 11.3 Å². The van der Waals surface area contributed by atoms with Crippen LogP contribution in [0.2, 0.25) is 0 Å². The highest BCUT2D eigenvalue weighted by atomic mass is 16.1. The summed E-state index contributed by atoms with van der Waals surface area (Å²) < 4.78 is 0. The summed E-state index contributed by atoms with van der Waals surface area (Å²) >= 11 is 0. The van der Waals surface area contributed by atoms with Crippen LogP contribution >= 0.6 is 0 Å². The summed E-state index contributed by atoms with van der Waals surface area (Å²) in [6.45, 7) is 1.99. The van der Waals surface area contributed by atoms with Gasteiger partial charge >= 0.3 is 0 Å². The Morgan fingerprint density at radius 3 is 2.44 bits per heavy atom. The van der Waals surface area contributed by atoms with E-state index in [1.54, 1.807) is 0 Å². The Morgan fingerprint density at radius 1 is 1.00 bits per heavy atom. The molecule has 0 unspecified atom stereocenters. The Bertz CT molecular complexity index is 614. The number of anilines is 1. The molecule has 2 nitrogen and oxygen atoms in total. The lowest BCUT2D eigenvalue weighted by Gasteiger charge is -2.04. The number of carbonyl (C=O) groups excluding carboxylic acids is 1. The molecule has 0 saturated carbocycles. The third-order valence-corrected chi connectivity index (χ3v) is 3.00. The number of fused-ring (bicyclic) bond motifs is 3. The third-order valence-electron chi connectivity index (χ3n) is 3.00. The third kappa shape index (κ3) is 1.04. The van der Waals surface area contributed by atoms with Crippen LogP contribution in [0.3, 0.4) is 0 Å². The minimum absolute atomic E-state index is 0.0445. The Balaban J connectivity index is 2.42. The van der Waals surface area contributed by atoms with Crippen molar-refractivity contribution in [2.45, 2.75) is 6.92 Å². The number of rotatable bonds is 0. The molecule has 0 saturated heterocycles. The van der Waals surface area contributed by atoms with Crippen LogP contribution < -0.4 is 5.73 Å². The molecule has 2 N–H and O–H groups in total. The number of carbonyl (C=O) groups is 1. The number of aryl methyl sites for hydroxylation is 1. The molecule has 0 radical (unpaired) electrons. The highest BCUT2D eigenvalue weighted by Crippen LogP contribution is 2.39. The van der Waals surface area contributed by atoms with Crippen LogP contribution in [0.25, 0.3) is 11.1 Å². The minimum atomic E-state index is 0.0445. The molecule has 0 amide bonds. The van der Waals surface area contributed by atoms with E-state index in [1.165, 1.54) is 0 Å². The van der Waals surface area contributed by atoms with E-state index in [1.807, 2.05) is 43.3 Å². The van der Waals surface area contributed by atoms with Gasteiger partial charge in [0.15, 0.2) is 5.78 Å². The molecule has 0 aliphatic heterocycles. The number of benzene rings is 2. The van der Waals surface area contributed by atoms with E-state index >= 15 is 0 Å². The van der Waals surface area contributed by atoms with Crippen molar-refractivity contribution in [1.82, 2.24) is 0 Å². The normalized spacial score (nSPS) is 12.4. The number of hydrogen-bond donors (Lipinski definition) is 1. The molecule has 1 aliphatic carbocycles. The SMILES string of the molecule is Cc1cc(N)c2c(c1)-c1ccccc1C2=O. The maximum atomic E-state index is 12.1. The van der Waals surface area contributed by atoms with Crippen molar-refractivity contribution < 1.29 is 4.79 Å². The van der Waals surface area contributed by atoms with E-state index in [9.17, 15) is 4.79 Å². The summed E-state index contributed by atoms with van der Waals surface area (Å²) in [5, 5.41) is 0. The fourth-order valence-corrected chi connectivity index (χ4v) is 2.33. The molecule has 0 bridgehead atoms. The Labute approximate surface area is 93.7 Å². The topological polar surface area (TPSA) is 43.1 Å². The fourth-order valence-electron chi connectivity index (χ4n) is 2.33. The van der Waals surface area contributed by atoms with E-state index in [0.29, 0.717) is 11.3 Å². The molecule has 3 rings (SSSR count). The molecule has 0 fully saturated rings. The molecule has 2 aromatic rings. The van der Waals surface area contributed by atoms with E-state index in [-0.39, 0.29) is 5.78 Å². The molecule has 1 aliphatic rings. The van der Waals surface area contributed by atoms with Crippen molar-refractivity contribution >= 4 is 11.5 Å². The first-order valence-electron chi connectivity index (χ1n) is 5.22. The lowest BCUT2D eigenvalue weighted by atomic mass is 10.0. The van der Waals surface area contributed by atoms with Gasteiger partial charge in [-0.15, -0.1) is 0 Å². The van der Waals surface area contributed by atoms with Crippen LogP contribution in [0.5, 0.6) is 0 Å². The molecular formula is C14H11NO. The maximum absolute atomic E-state index is 12.1. The van der Waals surface area contributed by atoms with Gasteiger partial charge in [-0.1, -0.05) is 30.3 Å². The number of nitrogens with two attached hydrogens (primary N) is 1. The van der Waals surface area contributed by atoms with Crippen molar-refractivity contribution in [2.75, 3.05) is 5.73 Å². The van der Waals surface area contributed by atoms with Gasteiger partial charge in [-0.25, -0.2) is 0 Å². The van der Waals surface area contributed by atoms with Gasteiger partial charge in [0.1, 0.15) is 0 Å². The van der Waals surface area contributed by atoms with Crippen molar-refractivity contribution in [1.29, 1.82) is 0 Å². The average molecular weight is 209 g/mol. The van der Waals surface area contributed by atoms with Crippen molar-refractivity contribution in [3.63, 3.8) is 0 Å². The smallest absolute Gasteiger partial charge is 0.196 e. The average Bonchev–Trinajstić information content (AvgIpc) is 2.54. The van der Waals surface area contributed by atoms with Crippen LogP contribution in [-0.4, -0.2) is 5.78 Å². The van der Waals surface area contributed by atoms with Crippen LogP contribution in [0.1, 0.15) is 21.5 Å². The van der Waals surface area contributed by atoms with Crippen LogP contribution in [0, 0.1) is 6.92 Å². The zero-order valence-corrected chi connectivity index (χ0v) is 8.95. The fraction of sp³-hybridized carbons (Fsp3) is 0.0714. The molecular weight excluding hydrogens is 198 g/mol. The Morgan fingerprint density at radius 2 is 1.69 bits per heavy atom.